The molecule has 0 spiro atoms. The number of amides is 2. The molecule has 3 aromatic rings. The lowest BCUT2D eigenvalue weighted by Crippen LogP contribution is -2.29. The van der Waals surface area contributed by atoms with Crippen LogP contribution in [-0.4, -0.2) is 49.5 Å². The Balaban J connectivity index is 1.57. The largest absolute Gasteiger partial charge is 0.378 e. The molecule has 34 heavy (non-hydrogen) atoms. The Labute approximate surface area is 195 Å². The van der Waals surface area contributed by atoms with Gasteiger partial charge in [0.1, 0.15) is 5.69 Å². The molecular formula is C22H21N5O6S. The maximum absolute atomic E-state index is 12.5. The van der Waals surface area contributed by atoms with Gasteiger partial charge in [-0.2, -0.15) is 0 Å². The summed E-state index contributed by atoms with van der Waals surface area (Å²) in [5.74, 6) is -0.764. The van der Waals surface area contributed by atoms with Gasteiger partial charge in [-0.25, -0.2) is 8.42 Å². The van der Waals surface area contributed by atoms with Crippen molar-refractivity contribution in [2.75, 3.05) is 30.0 Å². The molecule has 0 saturated heterocycles. The van der Waals surface area contributed by atoms with Crippen molar-refractivity contribution in [2.24, 2.45) is 0 Å². The Bertz CT molecular complexity index is 1330. The third-order valence-corrected chi connectivity index (χ3v) is 5.74. The first-order valence-corrected chi connectivity index (χ1v) is 11.9. The van der Waals surface area contributed by atoms with E-state index in [2.05, 4.69) is 20.9 Å². The van der Waals surface area contributed by atoms with Crippen molar-refractivity contribution in [3.05, 3.63) is 88.2 Å². The summed E-state index contributed by atoms with van der Waals surface area (Å²) >= 11 is 0. The SMILES string of the molecule is CS(=O)(=O)c1ccc(NCCNC(=O)c2cccc(NC(=O)c3cccnc3)c2)c([N+](=O)[O-])c1. The number of hydrogen-bond acceptors (Lipinski definition) is 8. The highest BCUT2D eigenvalue weighted by molar-refractivity contribution is 7.90. The molecule has 0 aliphatic rings. The van der Waals surface area contributed by atoms with Crippen LogP contribution in [0.2, 0.25) is 0 Å². The van der Waals surface area contributed by atoms with Gasteiger partial charge in [-0.15, -0.1) is 0 Å². The minimum absolute atomic E-state index is 0.131. The molecule has 0 atom stereocenters. The number of hydrogen-bond donors (Lipinski definition) is 3. The van der Waals surface area contributed by atoms with Gasteiger partial charge in [0.2, 0.25) is 0 Å². The van der Waals surface area contributed by atoms with Crippen LogP contribution in [0.4, 0.5) is 17.1 Å². The summed E-state index contributed by atoms with van der Waals surface area (Å²) in [4.78, 5) is 39.1. The summed E-state index contributed by atoms with van der Waals surface area (Å²) in [6.45, 7) is 0.290. The molecule has 0 saturated carbocycles. The summed E-state index contributed by atoms with van der Waals surface area (Å²) in [5, 5.41) is 19.5. The zero-order valence-electron chi connectivity index (χ0n) is 18.0. The van der Waals surface area contributed by atoms with Crippen LogP contribution in [-0.2, 0) is 9.84 Å². The Kier molecular flexibility index (Phi) is 7.53. The number of nitro benzene ring substituents is 1. The molecule has 0 aliphatic heterocycles. The third kappa shape index (κ3) is 6.36. The topological polar surface area (TPSA) is 160 Å². The number of sulfone groups is 1. The van der Waals surface area contributed by atoms with E-state index in [4.69, 9.17) is 0 Å². The number of benzene rings is 2. The van der Waals surface area contributed by atoms with E-state index in [9.17, 15) is 28.1 Å². The van der Waals surface area contributed by atoms with E-state index in [0.717, 1.165) is 12.3 Å². The van der Waals surface area contributed by atoms with Gasteiger partial charge in [-0.3, -0.25) is 24.7 Å². The number of carbonyl (C=O) groups excluding carboxylic acids is 2. The average molecular weight is 484 g/mol. The van der Waals surface area contributed by atoms with Crippen LogP contribution in [0.5, 0.6) is 0 Å². The third-order valence-electron chi connectivity index (χ3n) is 4.63. The normalized spacial score (nSPS) is 10.9. The van der Waals surface area contributed by atoms with Crippen molar-refractivity contribution in [1.29, 1.82) is 0 Å². The molecule has 11 nitrogen and oxygen atoms in total. The minimum atomic E-state index is -3.59. The van der Waals surface area contributed by atoms with Gasteiger partial charge in [0.25, 0.3) is 17.5 Å². The van der Waals surface area contributed by atoms with E-state index in [1.807, 2.05) is 0 Å². The maximum atomic E-state index is 12.5. The molecule has 2 amide bonds. The Hall–Kier alpha value is -4.32. The van der Waals surface area contributed by atoms with Crippen LogP contribution in [0.1, 0.15) is 20.7 Å². The van der Waals surface area contributed by atoms with Crippen molar-refractivity contribution in [1.82, 2.24) is 10.3 Å². The predicted octanol–water partition coefficient (Wildman–Crippen LogP) is 2.49. The van der Waals surface area contributed by atoms with Crippen LogP contribution in [0, 0.1) is 10.1 Å². The first-order valence-electron chi connectivity index (χ1n) is 9.97. The molecule has 0 fully saturated rings. The number of pyridine rings is 1. The van der Waals surface area contributed by atoms with Gasteiger partial charge in [-0.1, -0.05) is 6.07 Å². The quantitative estimate of drug-likeness (QED) is 0.238. The van der Waals surface area contributed by atoms with E-state index < -0.39 is 20.7 Å². The second-order valence-corrected chi connectivity index (χ2v) is 9.18. The standard InChI is InChI=1S/C22H21N5O6S/c1-34(32,33)18-7-8-19(20(13-18)27(30)31)24-10-11-25-21(28)15-4-2-6-17(12-15)26-22(29)16-5-3-9-23-14-16/h2-9,12-14,24H,10-11H2,1H3,(H,25,28)(H,26,29). The average Bonchev–Trinajstić information content (AvgIpc) is 2.81. The van der Waals surface area contributed by atoms with Gasteiger partial charge < -0.3 is 16.0 Å². The lowest BCUT2D eigenvalue weighted by atomic mass is 10.1. The van der Waals surface area contributed by atoms with E-state index in [1.54, 1.807) is 36.5 Å². The lowest BCUT2D eigenvalue weighted by molar-refractivity contribution is -0.384. The van der Waals surface area contributed by atoms with Crippen LogP contribution in [0.25, 0.3) is 0 Å². The smallest absolute Gasteiger partial charge is 0.293 e. The molecular weight excluding hydrogens is 462 g/mol. The predicted molar refractivity (Wildman–Crippen MR) is 126 cm³/mol. The van der Waals surface area contributed by atoms with Crippen LogP contribution < -0.4 is 16.0 Å². The molecule has 1 aromatic heterocycles. The fourth-order valence-electron chi connectivity index (χ4n) is 2.96. The number of anilines is 2. The Morgan fingerprint density at radius 1 is 1.00 bits per heavy atom. The maximum Gasteiger partial charge on any atom is 0.293 e. The number of carbonyl (C=O) groups is 2. The summed E-state index contributed by atoms with van der Waals surface area (Å²) in [6.07, 6.45) is 3.95. The summed E-state index contributed by atoms with van der Waals surface area (Å²) < 4.78 is 23.3. The lowest BCUT2D eigenvalue weighted by Gasteiger charge is -2.10. The Morgan fingerprint density at radius 2 is 1.76 bits per heavy atom. The summed E-state index contributed by atoms with van der Waals surface area (Å²) in [5.41, 5.74) is 0.869. The summed E-state index contributed by atoms with van der Waals surface area (Å²) in [7, 11) is -3.59. The monoisotopic (exact) mass is 483 g/mol. The highest BCUT2D eigenvalue weighted by atomic mass is 32.2. The molecule has 12 heteroatoms. The highest BCUT2D eigenvalue weighted by Crippen LogP contribution is 2.27. The van der Waals surface area contributed by atoms with Crippen molar-refractivity contribution in [3.63, 3.8) is 0 Å². The molecule has 3 rings (SSSR count). The van der Waals surface area contributed by atoms with Crippen molar-refractivity contribution in [3.8, 4) is 0 Å². The zero-order valence-corrected chi connectivity index (χ0v) is 18.8. The second kappa shape index (κ2) is 10.5. The molecule has 176 valence electrons. The number of nitrogens with zero attached hydrogens (tertiary/aromatic N) is 2. The molecule has 1 heterocycles. The van der Waals surface area contributed by atoms with Gasteiger partial charge in [-0.05, 0) is 42.5 Å². The van der Waals surface area contributed by atoms with E-state index in [1.165, 1.54) is 24.4 Å². The fraction of sp³-hybridized carbons (Fsp3) is 0.136. The molecule has 0 aliphatic carbocycles. The minimum Gasteiger partial charge on any atom is -0.378 e. The zero-order chi connectivity index (χ0) is 24.7. The molecule has 0 radical (unpaired) electrons. The van der Waals surface area contributed by atoms with E-state index >= 15 is 0 Å². The van der Waals surface area contributed by atoms with Crippen LogP contribution in [0.15, 0.2) is 71.9 Å². The first-order chi connectivity index (χ1) is 16.1. The Morgan fingerprint density at radius 3 is 2.44 bits per heavy atom. The van der Waals surface area contributed by atoms with Gasteiger partial charge in [0.15, 0.2) is 9.84 Å². The molecule has 2 aromatic carbocycles. The summed E-state index contributed by atoms with van der Waals surface area (Å²) in [6, 6.07) is 13.2. The molecule has 0 bridgehead atoms. The second-order valence-electron chi connectivity index (χ2n) is 7.17. The van der Waals surface area contributed by atoms with Crippen molar-refractivity contribution < 1.29 is 22.9 Å². The van der Waals surface area contributed by atoms with Crippen LogP contribution in [0.3, 0.4) is 0 Å². The number of nitrogens with one attached hydrogen (secondary N) is 3. The molecule has 3 N–H and O–H groups in total. The molecule has 0 unspecified atom stereocenters. The fourth-order valence-corrected chi connectivity index (χ4v) is 3.60. The number of rotatable bonds is 9. The van der Waals surface area contributed by atoms with E-state index in [-0.39, 0.29) is 35.3 Å². The van der Waals surface area contributed by atoms with Gasteiger partial charge >= 0.3 is 0 Å². The highest BCUT2D eigenvalue weighted by Gasteiger charge is 2.18. The van der Waals surface area contributed by atoms with Crippen molar-refractivity contribution in [2.45, 2.75) is 4.90 Å². The first kappa shape index (κ1) is 24.3. The van der Waals surface area contributed by atoms with Gasteiger partial charge in [0, 0.05) is 49.1 Å². The van der Waals surface area contributed by atoms with Crippen LogP contribution >= 0.6 is 0 Å². The van der Waals surface area contributed by atoms with E-state index in [0.29, 0.717) is 16.8 Å². The van der Waals surface area contributed by atoms with Crippen molar-refractivity contribution >= 4 is 38.7 Å². The number of nitro groups is 1. The number of aromatic nitrogens is 1. The van der Waals surface area contributed by atoms with Gasteiger partial charge in [0.05, 0.1) is 15.4 Å².